The fourth-order valence-corrected chi connectivity index (χ4v) is 2.48. The lowest BCUT2D eigenvalue weighted by atomic mass is 10.0. The van der Waals surface area contributed by atoms with Crippen LogP contribution in [0.5, 0.6) is 17.2 Å². The Hall–Kier alpha value is -3.15. The third kappa shape index (κ3) is 2.44. The third-order valence-electron chi connectivity index (χ3n) is 3.58. The van der Waals surface area contributed by atoms with Crippen LogP contribution in [0.2, 0.25) is 0 Å². The monoisotopic (exact) mass is 313 g/mol. The molecule has 3 N–H and O–H groups in total. The van der Waals surface area contributed by atoms with Gasteiger partial charge in [0.1, 0.15) is 28.6 Å². The average Bonchev–Trinajstić information content (AvgIpc) is 2.87. The van der Waals surface area contributed by atoms with Gasteiger partial charge in [0, 0.05) is 11.3 Å². The van der Waals surface area contributed by atoms with Gasteiger partial charge in [0.15, 0.2) is 0 Å². The minimum Gasteiger partial charge on any atom is -0.508 e. The summed E-state index contributed by atoms with van der Waals surface area (Å²) in [6, 6.07) is 7.88. The van der Waals surface area contributed by atoms with E-state index in [0.717, 1.165) is 0 Å². The lowest BCUT2D eigenvalue weighted by molar-refractivity contribution is 0.0714. The van der Waals surface area contributed by atoms with E-state index in [9.17, 15) is 9.90 Å². The van der Waals surface area contributed by atoms with Crippen molar-refractivity contribution >= 4 is 23.5 Å². The molecule has 0 unspecified atom stereocenters. The number of ether oxygens (including phenoxy) is 3. The Morgan fingerprint density at radius 1 is 1.09 bits per heavy atom. The van der Waals surface area contributed by atoms with Gasteiger partial charge in [-0.1, -0.05) is 0 Å². The summed E-state index contributed by atoms with van der Waals surface area (Å²) in [5, 5.41) is 9.60. The lowest BCUT2D eigenvalue weighted by Crippen LogP contribution is -1.99. The molecule has 0 bridgehead atoms. The Morgan fingerprint density at radius 3 is 2.39 bits per heavy atom. The van der Waals surface area contributed by atoms with Gasteiger partial charge in [0.2, 0.25) is 0 Å². The normalized spacial score (nSPS) is 14.5. The molecule has 3 rings (SSSR count). The summed E-state index contributed by atoms with van der Waals surface area (Å²) in [4.78, 5) is 12.2. The van der Waals surface area contributed by atoms with Crippen molar-refractivity contribution in [3.63, 3.8) is 0 Å². The van der Waals surface area contributed by atoms with Crippen LogP contribution in [0.15, 0.2) is 30.3 Å². The topological polar surface area (TPSA) is 91.0 Å². The molecular formula is C17H15NO5. The summed E-state index contributed by atoms with van der Waals surface area (Å²) in [6.45, 7) is 0. The third-order valence-corrected chi connectivity index (χ3v) is 3.58. The van der Waals surface area contributed by atoms with Gasteiger partial charge in [0.05, 0.1) is 19.8 Å². The first-order valence-corrected chi connectivity index (χ1v) is 6.83. The molecule has 118 valence electrons. The van der Waals surface area contributed by atoms with Crippen LogP contribution in [-0.2, 0) is 4.74 Å². The van der Waals surface area contributed by atoms with Gasteiger partial charge in [-0.3, -0.25) is 0 Å². The number of aromatic hydroxyl groups is 1. The minimum atomic E-state index is -0.527. The van der Waals surface area contributed by atoms with Crippen molar-refractivity contribution in [2.75, 3.05) is 20.0 Å². The standard InChI is InChI=1S/C17H15NO5/c1-21-12-5-6-13(22-2)16-15(12)14(23-17(16)20)8-9-7-10(19)3-4-11(9)18/h3-8,19H,18H2,1-2H3/b14-8+. The van der Waals surface area contributed by atoms with E-state index < -0.39 is 5.97 Å². The van der Waals surface area contributed by atoms with E-state index in [0.29, 0.717) is 33.9 Å². The summed E-state index contributed by atoms with van der Waals surface area (Å²) in [5.41, 5.74) is 7.68. The highest BCUT2D eigenvalue weighted by atomic mass is 16.5. The minimum absolute atomic E-state index is 0.0632. The van der Waals surface area contributed by atoms with Gasteiger partial charge in [-0.15, -0.1) is 0 Å². The Balaban J connectivity index is 2.21. The first-order chi connectivity index (χ1) is 11.0. The zero-order valence-electron chi connectivity index (χ0n) is 12.6. The Bertz CT molecular complexity index is 826. The Labute approximate surface area is 132 Å². The molecule has 6 nitrogen and oxygen atoms in total. The number of carbonyl (C=O) groups excluding carboxylic acids is 1. The summed E-state index contributed by atoms with van der Waals surface area (Å²) in [6.07, 6.45) is 1.58. The number of anilines is 1. The van der Waals surface area contributed by atoms with Crippen LogP contribution in [0.3, 0.4) is 0 Å². The first kappa shape index (κ1) is 14.8. The average molecular weight is 313 g/mol. The highest BCUT2D eigenvalue weighted by molar-refractivity contribution is 6.09. The van der Waals surface area contributed by atoms with E-state index in [1.165, 1.54) is 26.4 Å². The fraction of sp³-hybridized carbons (Fsp3) is 0.118. The number of hydrogen-bond donors (Lipinski definition) is 2. The van der Waals surface area contributed by atoms with Gasteiger partial charge in [-0.25, -0.2) is 4.79 Å². The number of phenolic OH excluding ortho intramolecular Hbond substituents is 1. The zero-order valence-corrected chi connectivity index (χ0v) is 12.6. The number of benzene rings is 2. The van der Waals surface area contributed by atoms with Crippen LogP contribution in [0.4, 0.5) is 5.69 Å². The smallest absolute Gasteiger partial charge is 0.348 e. The maximum absolute atomic E-state index is 12.2. The van der Waals surface area contributed by atoms with Crippen molar-refractivity contribution < 1.29 is 24.1 Å². The van der Waals surface area contributed by atoms with E-state index in [4.69, 9.17) is 19.9 Å². The lowest BCUT2D eigenvalue weighted by Gasteiger charge is -2.09. The molecule has 0 aromatic heterocycles. The second kappa shape index (κ2) is 5.57. The molecule has 23 heavy (non-hydrogen) atoms. The van der Waals surface area contributed by atoms with Gasteiger partial charge in [-0.05, 0) is 36.4 Å². The van der Waals surface area contributed by atoms with Crippen LogP contribution in [0.1, 0.15) is 21.5 Å². The maximum atomic E-state index is 12.2. The quantitative estimate of drug-likeness (QED) is 0.514. The number of phenols is 1. The van der Waals surface area contributed by atoms with Crippen molar-refractivity contribution in [3.8, 4) is 17.2 Å². The van der Waals surface area contributed by atoms with E-state index >= 15 is 0 Å². The number of nitrogens with two attached hydrogens (primary N) is 1. The molecule has 0 atom stereocenters. The van der Waals surface area contributed by atoms with E-state index in [-0.39, 0.29) is 11.5 Å². The van der Waals surface area contributed by atoms with E-state index in [2.05, 4.69) is 0 Å². The van der Waals surface area contributed by atoms with Crippen LogP contribution in [0, 0.1) is 0 Å². The molecule has 0 fully saturated rings. The van der Waals surface area contributed by atoms with Crippen molar-refractivity contribution in [1.82, 2.24) is 0 Å². The maximum Gasteiger partial charge on any atom is 0.348 e. The Kier molecular flexibility index (Phi) is 3.57. The van der Waals surface area contributed by atoms with Crippen molar-refractivity contribution in [1.29, 1.82) is 0 Å². The van der Waals surface area contributed by atoms with Crippen molar-refractivity contribution in [3.05, 3.63) is 47.0 Å². The van der Waals surface area contributed by atoms with Gasteiger partial charge in [-0.2, -0.15) is 0 Å². The molecule has 1 heterocycles. The molecular weight excluding hydrogens is 298 g/mol. The second-order valence-electron chi connectivity index (χ2n) is 4.93. The highest BCUT2D eigenvalue weighted by Crippen LogP contribution is 2.43. The molecule has 0 radical (unpaired) electrons. The number of cyclic esters (lactones) is 1. The summed E-state index contributed by atoms with van der Waals surface area (Å²) in [7, 11) is 2.98. The number of carbonyl (C=O) groups is 1. The largest absolute Gasteiger partial charge is 0.508 e. The van der Waals surface area contributed by atoms with Crippen LogP contribution in [0.25, 0.3) is 11.8 Å². The van der Waals surface area contributed by atoms with E-state index in [1.807, 2.05) is 0 Å². The number of esters is 1. The summed E-state index contributed by atoms with van der Waals surface area (Å²) < 4.78 is 15.9. The van der Waals surface area contributed by atoms with E-state index in [1.54, 1.807) is 24.3 Å². The van der Waals surface area contributed by atoms with Crippen LogP contribution in [-0.4, -0.2) is 25.3 Å². The number of methoxy groups -OCH3 is 2. The van der Waals surface area contributed by atoms with Gasteiger partial charge in [0.25, 0.3) is 0 Å². The molecule has 6 heteroatoms. The summed E-state index contributed by atoms with van der Waals surface area (Å²) >= 11 is 0. The zero-order chi connectivity index (χ0) is 16.6. The Morgan fingerprint density at radius 2 is 1.74 bits per heavy atom. The molecule has 2 aromatic rings. The SMILES string of the molecule is COc1ccc(OC)c2c1C(=O)O/C2=C/c1cc(O)ccc1N. The number of rotatable bonds is 3. The first-order valence-electron chi connectivity index (χ1n) is 6.83. The van der Waals surface area contributed by atoms with Gasteiger partial charge >= 0.3 is 5.97 Å². The molecule has 0 spiro atoms. The van der Waals surface area contributed by atoms with Crippen molar-refractivity contribution in [2.45, 2.75) is 0 Å². The molecule has 0 saturated heterocycles. The predicted molar refractivity (Wildman–Crippen MR) is 85.4 cm³/mol. The second-order valence-corrected chi connectivity index (χ2v) is 4.93. The van der Waals surface area contributed by atoms with Crippen molar-refractivity contribution in [2.24, 2.45) is 0 Å². The molecule has 0 saturated carbocycles. The molecule has 0 amide bonds. The molecule has 0 aliphatic carbocycles. The molecule has 2 aromatic carbocycles. The number of fused-ring (bicyclic) bond motifs is 1. The predicted octanol–water partition coefficient (Wildman–Crippen LogP) is 2.66. The highest BCUT2D eigenvalue weighted by Gasteiger charge is 2.33. The van der Waals surface area contributed by atoms with Crippen LogP contribution >= 0.6 is 0 Å². The number of nitrogen functional groups attached to an aromatic ring is 1. The molecule has 1 aliphatic heterocycles. The number of hydrogen-bond acceptors (Lipinski definition) is 6. The van der Waals surface area contributed by atoms with Gasteiger partial charge < -0.3 is 25.1 Å². The van der Waals surface area contributed by atoms with Crippen LogP contribution < -0.4 is 15.2 Å². The molecule has 1 aliphatic rings. The summed E-state index contributed by atoms with van der Waals surface area (Å²) in [5.74, 6) is 0.710. The fourth-order valence-electron chi connectivity index (χ4n) is 2.48.